The minimum Gasteiger partial charge on any atom is -0.461 e. The Morgan fingerprint density at radius 1 is 1.32 bits per heavy atom. The quantitative estimate of drug-likeness (QED) is 0.857. The molecule has 0 unspecified atom stereocenters. The van der Waals surface area contributed by atoms with E-state index >= 15 is 0 Å². The summed E-state index contributed by atoms with van der Waals surface area (Å²) in [5.41, 5.74) is 3.97. The summed E-state index contributed by atoms with van der Waals surface area (Å²) in [6, 6.07) is 6.03. The van der Waals surface area contributed by atoms with Gasteiger partial charge in [-0.3, -0.25) is 0 Å². The van der Waals surface area contributed by atoms with Crippen molar-refractivity contribution in [3.8, 4) is 11.3 Å². The molecule has 0 aliphatic rings. The lowest BCUT2D eigenvalue weighted by Crippen LogP contribution is -2.07. The molecule has 0 amide bonds. The molecule has 0 bridgehead atoms. The fraction of sp³-hybridized carbons (Fsp3) is 0.357. The van der Waals surface area contributed by atoms with Crippen LogP contribution in [-0.4, -0.2) is 28.0 Å². The van der Waals surface area contributed by atoms with Gasteiger partial charge in [0.1, 0.15) is 5.69 Å². The number of hydrogen-bond acceptors (Lipinski definition) is 4. The summed E-state index contributed by atoms with van der Waals surface area (Å²) in [6.45, 7) is 6.16. The van der Waals surface area contributed by atoms with Gasteiger partial charge in [-0.05, 0) is 31.4 Å². The standard InChI is InChI=1S/C14H17N3O2/c1-4-10-8-6-7-9(3)11(10)12-13(16-17-15-12)14(18)19-5-2/h6-8H,4-5H2,1-3H3,(H,15,16,17). The molecule has 0 atom stereocenters. The van der Waals surface area contributed by atoms with Crippen molar-refractivity contribution in [2.45, 2.75) is 27.2 Å². The maximum absolute atomic E-state index is 11.9. The number of nitrogens with zero attached hydrogens (tertiary/aromatic N) is 2. The molecule has 0 aliphatic heterocycles. The van der Waals surface area contributed by atoms with E-state index in [0.717, 1.165) is 23.1 Å². The number of ether oxygens (including phenoxy) is 1. The number of benzene rings is 1. The van der Waals surface area contributed by atoms with Gasteiger partial charge in [-0.25, -0.2) is 4.79 Å². The lowest BCUT2D eigenvalue weighted by Gasteiger charge is -2.09. The van der Waals surface area contributed by atoms with E-state index in [0.29, 0.717) is 12.3 Å². The second-order valence-electron chi connectivity index (χ2n) is 4.20. The van der Waals surface area contributed by atoms with Crippen LogP contribution in [0.15, 0.2) is 18.2 Å². The molecule has 19 heavy (non-hydrogen) atoms. The first-order valence-electron chi connectivity index (χ1n) is 6.35. The predicted octanol–water partition coefficient (Wildman–Crippen LogP) is 2.52. The minimum atomic E-state index is -0.448. The molecule has 2 rings (SSSR count). The molecule has 100 valence electrons. The first-order chi connectivity index (χ1) is 9.19. The van der Waals surface area contributed by atoms with Crippen molar-refractivity contribution in [2.75, 3.05) is 6.61 Å². The third-order valence-corrected chi connectivity index (χ3v) is 2.99. The summed E-state index contributed by atoms with van der Waals surface area (Å²) in [5.74, 6) is -0.448. The molecule has 5 heteroatoms. The Morgan fingerprint density at radius 2 is 2.11 bits per heavy atom. The van der Waals surface area contributed by atoms with Crippen LogP contribution in [0.2, 0.25) is 0 Å². The lowest BCUT2D eigenvalue weighted by atomic mass is 9.96. The molecular formula is C14H17N3O2. The van der Waals surface area contributed by atoms with Crippen LogP contribution in [0.4, 0.5) is 0 Å². The van der Waals surface area contributed by atoms with Gasteiger partial charge in [0.15, 0.2) is 5.69 Å². The Morgan fingerprint density at radius 3 is 2.79 bits per heavy atom. The number of H-pyrrole nitrogens is 1. The van der Waals surface area contributed by atoms with Gasteiger partial charge < -0.3 is 4.74 Å². The predicted molar refractivity (Wildman–Crippen MR) is 71.9 cm³/mol. The zero-order valence-corrected chi connectivity index (χ0v) is 11.4. The summed E-state index contributed by atoms with van der Waals surface area (Å²) in [5, 5.41) is 10.6. The summed E-state index contributed by atoms with van der Waals surface area (Å²) < 4.78 is 5.00. The fourth-order valence-corrected chi connectivity index (χ4v) is 2.11. The van der Waals surface area contributed by atoms with Gasteiger partial charge >= 0.3 is 5.97 Å². The molecule has 1 aromatic carbocycles. The summed E-state index contributed by atoms with van der Waals surface area (Å²) in [7, 11) is 0. The maximum Gasteiger partial charge on any atom is 0.361 e. The Hall–Kier alpha value is -2.17. The van der Waals surface area contributed by atoms with E-state index in [1.807, 2.05) is 25.1 Å². The van der Waals surface area contributed by atoms with Gasteiger partial charge in [-0.2, -0.15) is 10.3 Å². The largest absolute Gasteiger partial charge is 0.461 e. The number of hydrogen-bond donors (Lipinski definition) is 1. The highest BCUT2D eigenvalue weighted by Crippen LogP contribution is 2.28. The molecule has 0 radical (unpaired) electrons. The monoisotopic (exact) mass is 259 g/mol. The minimum absolute atomic E-state index is 0.242. The van der Waals surface area contributed by atoms with Crippen molar-refractivity contribution in [2.24, 2.45) is 0 Å². The number of aromatic nitrogens is 3. The van der Waals surface area contributed by atoms with Crippen LogP contribution in [0.25, 0.3) is 11.3 Å². The molecule has 0 fully saturated rings. The van der Waals surface area contributed by atoms with E-state index < -0.39 is 5.97 Å². The Bertz CT molecular complexity index is 590. The Labute approximate surface area is 112 Å². The van der Waals surface area contributed by atoms with Gasteiger partial charge in [-0.15, -0.1) is 5.10 Å². The second-order valence-corrected chi connectivity index (χ2v) is 4.20. The average molecular weight is 259 g/mol. The molecule has 1 aromatic heterocycles. The highest BCUT2D eigenvalue weighted by atomic mass is 16.5. The molecule has 0 spiro atoms. The molecule has 0 aliphatic carbocycles. The third-order valence-electron chi connectivity index (χ3n) is 2.99. The molecule has 5 nitrogen and oxygen atoms in total. The van der Waals surface area contributed by atoms with E-state index in [-0.39, 0.29) is 5.69 Å². The Balaban J connectivity index is 2.54. The summed E-state index contributed by atoms with van der Waals surface area (Å²) >= 11 is 0. The van der Waals surface area contributed by atoms with Crippen molar-refractivity contribution in [3.63, 3.8) is 0 Å². The molecule has 1 heterocycles. The summed E-state index contributed by atoms with van der Waals surface area (Å²) in [4.78, 5) is 11.9. The van der Waals surface area contributed by atoms with Crippen LogP contribution in [0.5, 0.6) is 0 Å². The average Bonchev–Trinajstić information content (AvgIpc) is 2.87. The normalized spacial score (nSPS) is 10.5. The molecule has 1 N–H and O–H groups in total. The SMILES string of the molecule is CCOC(=O)c1n[nH]nc1-c1c(C)cccc1CC. The fourth-order valence-electron chi connectivity index (χ4n) is 2.11. The van der Waals surface area contributed by atoms with Crippen molar-refractivity contribution in [3.05, 3.63) is 35.0 Å². The lowest BCUT2D eigenvalue weighted by molar-refractivity contribution is 0.0520. The van der Waals surface area contributed by atoms with E-state index in [4.69, 9.17) is 4.74 Å². The number of esters is 1. The molecule has 0 saturated carbocycles. The third kappa shape index (κ3) is 2.50. The van der Waals surface area contributed by atoms with Crippen LogP contribution in [0, 0.1) is 6.92 Å². The molecular weight excluding hydrogens is 242 g/mol. The number of carbonyl (C=O) groups is 1. The number of aryl methyl sites for hydroxylation is 2. The van der Waals surface area contributed by atoms with Crippen LogP contribution in [0.1, 0.15) is 35.5 Å². The highest BCUT2D eigenvalue weighted by Gasteiger charge is 2.21. The van der Waals surface area contributed by atoms with Crippen molar-refractivity contribution >= 4 is 5.97 Å². The van der Waals surface area contributed by atoms with Gasteiger partial charge in [-0.1, -0.05) is 25.1 Å². The van der Waals surface area contributed by atoms with Crippen LogP contribution < -0.4 is 0 Å². The smallest absolute Gasteiger partial charge is 0.361 e. The van der Waals surface area contributed by atoms with Gasteiger partial charge in [0.25, 0.3) is 0 Å². The number of nitrogens with one attached hydrogen (secondary N) is 1. The first-order valence-corrected chi connectivity index (χ1v) is 6.35. The summed E-state index contributed by atoms with van der Waals surface area (Å²) in [6.07, 6.45) is 0.867. The van der Waals surface area contributed by atoms with Gasteiger partial charge in [0.2, 0.25) is 0 Å². The van der Waals surface area contributed by atoms with Crippen LogP contribution in [-0.2, 0) is 11.2 Å². The van der Waals surface area contributed by atoms with Crippen molar-refractivity contribution < 1.29 is 9.53 Å². The zero-order chi connectivity index (χ0) is 13.8. The van der Waals surface area contributed by atoms with Gasteiger partial charge in [0.05, 0.1) is 6.61 Å². The second kappa shape index (κ2) is 5.65. The topological polar surface area (TPSA) is 67.9 Å². The van der Waals surface area contributed by atoms with E-state index in [9.17, 15) is 4.79 Å². The van der Waals surface area contributed by atoms with E-state index in [1.54, 1.807) is 6.92 Å². The Kier molecular flexibility index (Phi) is 3.94. The van der Waals surface area contributed by atoms with Crippen molar-refractivity contribution in [1.29, 1.82) is 0 Å². The highest BCUT2D eigenvalue weighted by molar-refractivity contribution is 5.94. The number of aromatic amines is 1. The van der Waals surface area contributed by atoms with Crippen LogP contribution in [0.3, 0.4) is 0 Å². The molecule has 2 aromatic rings. The van der Waals surface area contributed by atoms with Crippen molar-refractivity contribution in [1.82, 2.24) is 15.4 Å². The first kappa shape index (κ1) is 13.3. The molecule has 0 saturated heterocycles. The van der Waals surface area contributed by atoms with E-state index in [1.165, 1.54) is 0 Å². The maximum atomic E-state index is 11.9. The van der Waals surface area contributed by atoms with E-state index in [2.05, 4.69) is 22.3 Å². The number of carbonyl (C=O) groups excluding carboxylic acids is 1. The zero-order valence-electron chi connectivity index (χ0n) is 11.4. The van der Waals surface area contributed by atoms with Gasteiger partial charge in [0, 0.05) is 5.56 Å². The number of rotatable bonds is 4. The van der Waals surface area contributed by atoms with Crippen LogP contribution >= 0.6 is 0 Å².